The lowest BCUT2D eigenvalue weighted by Crippen LogP contribution is -2.38. The molecule has 0 saturated carbocycles. The van der Waals surface area contributed by atoms with Gasteiger partial charge in [-0.25, -0.2) is 4.79 Å². The van der Waals surface area contributed by atoms with E-state index in [9.17, 15) is 19.5 Å². The Bertz CT molecular complexity index is 469. The van der Waals surface area contributed by atoms with E-state index in [0.29, 0.717) is 0 Å². The van der Waals surface area contributed by atoms with Gasteiger partial charge in [-0.2, -0.15) is 0 Å². The first-order valence-corrected chi connectivity index (χ1v) is 3.45. The average molecular weight is 184 g/mol. The highest BCUT2D eigenvalue weighted by molar-refractivity contribution is 5.77. The zero-order valence-corrected chi connectivity index (χ0v) is 7.14. The Kier molecular flexibility index (Phi) is 2.05. The van der Waals surface area contributed by atoms with E-state index in [-0.39, 0.29) is 6.29 Å². The summed E-state index contributed by atoms with van der Waals surface area (Å²) in [5.41, 5.74) is -1.88. The van der Waals surface area contributed by atoms with E-state index in [2.05, 4.69) is 0 Å². The molecule has 0 fully saturated rings. The Hall–Kier alpha value is -1.85. The number of carbonyl (C=O) groups is 1. The van der Waals surface area contributed by atoms with Gasteiger partial charge in [-0.15, -0.1) is 0 Å². The van der Waals surface area contributed by atoms with Crippen molar-refractivity contribution in [3.05, 3.63) is 26.4 Å². The first-order chi connectivity index (χ1) is 6.00. The van der Waals surface area contributed by atoms with E-state index < -0.39 is 22.7 Å². The molecule has 1 rings (SSSR count). The number of hydrogen-bond acceptors (Lipinski definition) is 4. The van der Waals surface area contributed by atoms with Crippen molar-refractivity contribution in [2.75, 3.05) is 0 Å². The number of hydrogen-bond donors (Lipinski definition) is 1. The first kappa shape index (κ1) is 9.24. The summed E-state index contributed by atoms with van der Waals surface area (Å²) in [6.07, 6.45) is 0.219. The second-order valence-electron chi connectivity index (χ2n) is 2.56. The van der Waals surface area contributed by atoms with Crippen LogP contribution in [0.5, 0.6) is 5.88 Å². The fraction of sp³-hybridized carbons (Fsp3) is 0.286. The van der Waals surface area contributed by atoms with Crippen molar-refractivity contribution in [1.82, 2.24) is 9.13 Å². The summed E-state index contributed by atoms with van der Waals surface area (Å²) in [4.78, 5) is 32.7. The predicted molar refractivity (Wildman–Crippen MR) is 44.0 cm³/mol. The van der Waals surface area contributed by atoms with Crippen molar-refractivity contribution in [3.8, 4) is 5.88 Å². The average Bonchev–Trinajstić information content (AvgIpc) is 2.13. The monoisotopic (exact) mass is 184 g/mol. The highest BCUT2D eigenvalue weighted by Gasteiger charge is 2.12. The van der Waals surface area contributed by atoms with Crippen LogP contribution in [0, 0.1) is 0 Å². The van der Waals surface area contributed by atoms with Gasteiger partial charge in [0.2, 0.25) is 5.88 Å². The van der Waals surface area contributed by atoms with Gasteiger partial charge in [0.05, 0.1) is 0 Å². The number of aromatic hydroxyl groups is 1. The van der Waals surface area contributed by atoms with Gasteiger partial charge in [0.1, 0.15) is 5.56 Å². The molecular weight excluding hydrogens is 176 g/mol. The molecule has 1 aromatic heterocycles. The van der Waals surface area contributed by atoms with Crippen LogP contribution in [0.1, 0.15) is 10.4 Å². The molecular formula is C7H8N2O4. The number of carbonyl (C=O) groups excluding carboxylic acids is 1. The number of nitrogens with zero attached hydrogens (tertiary/aromatic N) is 2. The molecule has 0 aliphatic carbocycles. The smallest absolute Gasteiger partial charge is 0.333 e. The largest absolute Gasteiger partial charge is 0.494 e. The summed E-state index contributed by atoms with van der Waals surface area (Å²) in [6.45, 7) is 0. The van der Waals surface area contributed by atoms with E-state index in [4.69, 9.17) is 0 Å². The minimum atomic E-state index is -0.796. The highest BCUT2D eigenvalue weighted by Crippen LogP contribution is 2.04. The first-order valence-electron chi connectivity index (χ1n) is 3.45. The third-order valence-electron chi connectivity index (χ3n) is 1.79. The molecule has 0 spiro atoms. The molecule has 0 aromatic carbocycles. The van der Waals surface area contributed by atoms with Crippen molar-refractivity contribution in [2.45, 2.75) is 0 Å². The van der Waals surface area contributed by atoms with Crippen molar-refractivity contribution in [2.24, 2.45) is 14.1 Å². The molecule has 0 amide bonds. The molecule has 6 heteroatoms. The summed E-state index contributed by atoms with van der Waals surface area (Å²) in [5, 5.41) is 9.20. The number of aldehydes is 1. The van der Waals surface area contributed by atoms with Gasteiger partial charge < -0.3 is 5.11 Å². The fourth-order valence-electron chi connectivity index (χ4n) is 0.963. The third-order valence-corrected chi connectivity index (χ3v) is 1.79. The Balaban J connectivity index is 3.88. The maximum atomic E-state index is 11.2. The zero-order valence-electron chi connectivity index (χ0n) is 7.14. The maximum Gasteiger partial charge on any atom is 0.333 e. The van der Waals surface area contributed by atoms with Gasteiger partial charge >= 0.3 is 5.69 Å². The molecule has 0 saturated heterocycles. The molecule has 1 aromatic rings. The van der Waals surface area contributed by atoms with Gasteiger partial charge in [-0.05, 0) is 0 Å². The molecule has 0 aliphatic heterocycles. The van der Waals surface area contributed by atoms with Gasteiger partial charge in [0.15, 0.2) is 6.29 Å². The Morgan fingerprint density at radius 2 is 1.77 bits per heavy atom. The van der Waals surface area contributed by atoms with Crippen LogP contribution in [0.4, 0.5) is 0 Å². The van der Waals surface area contributed by atoms with Gasteiger partial charge in [-0.1, -0.05) is 0 Å². The van der Waals surface area contributed by atoms with Crippen LogP contribution >= 0.6 is 0 Å². The van der Waals surface area contributed by atoms with Crippen LogP contribution in [0.2, 0.25) is 0 Å². The van der Waals surface area contributed by atoms with Gasteiger partial charge in [0.25, 0.3) is 5.56 Å². The minimum absolute atomic E-state index is 0.219. The van der Waals surface area contributed by atoms with Crippen molar-refractivity contribution < 1.29 is 9.90 Å². The lowest BCUT2D eigenvalue weighted by Gasteiger charge is -2.05. The Morgan fingerprint density at radius 1 is 1.23 bits per heavy atom. The van der Waals surface area contributed by atoms with Crippen molar-refractivity contribution in [3.63, 3.8) is 0 Å². The highest BCUT2D eigenvalue weighted by atomic mass is 16.3. The van der Waals surface area contributed by atoms with Crippen molar-refractivity contribution in [1.29, 1.82) is 0 Å². The minimum Gasteiger partial charge on any atom is -0.494 e. The Morgan fingerprint density at radius 3 is 2.23 bits per heavy atom. The SMILES string of the molecule is Cn1c(O)c(C=O)c(=O)n(C)c1=O. The molecule has 70 valence electrons. The lowest BCUT2D eigenvalue weighted by molar-refractivity contribution is 0.111. The lowest BCUT2D eigenvalue weighted by atomic mass is 10.3. The molecule has 13 heavy (non-hydrogen) atoms. The molecule has 0 radical (unpaired) electrons. The Labute approximate surface area is 72.7 Å². The summed E-state index contributed by atoms with van der Waals surface area (Å²) in [7, 11) is 2.50. The second-order valence-corrected chi connectivity index (χ2v) is 2.56. The van der Waals surface area contributed by atoms with Crippen LogP contribution in [-0.4, -0.2) is 20.5 Å². The summed E-state index contributed by atoms with van der Waals surface area (Å²) < 4.78 is 1.58. The zero-order chi connectivity index (χ0) is 10.2. The quantitative estimate of drug-likeness (QED) is 0.544. The van der Waals surface area contributed by atoms with E-state index in [1.807, 2.05) is 0 Å². The van der Waals surface area contributed by atoms with Crippen molar-refractivity contribution >= 4 is 6.29 Å². The fourth-order valence-corrected chi connectivity index (χ4v) is 0.963. The molecule has 0 unspecified atom stereocenters. The van der Waals surface area contributed by atoms with E-state index >= 15 is 0 Å². The second kappa shape index (κ2) is 2.89. The van der Waals surface area contributed by atoms with Crippen LogP contribution in [0.15, 0.2) is 9.59 Å². The van der Waals surface area contributed by atoms with E-state index in [0.717, 1.165) is 9.13 Å². The summed E-state index contributed by atoms with van der Waals surface area (Å²) in [5.74, 6) is -0.608. The van der Waals surface area contributed by atoms with Crippen LogP contribution in [0.3, 0.4) is 0 Å². The standard InChI is InChI=1S/C7H8N2O4/c1-8-5(11)4(3-10)6(12)9(2)7(8)13/h3,11H,1-2H3. The topological polar surface area (TPSA) is 81.3 Å². The predicted octanol–water partition coefficient (Wildman–Crippen LogP) is -1.40. The molecule has 0 bridgehead atoms. The molecule has 1 heterocycles. The van der Waals surface area contributed by atoms with Gasteiger partial charge in [-0.3, -0.25) is 18.7 Å². The third kappa shape index (κ3) is 1.16. The maximum absolute atomic E-state index is 11.2. The number of aromatic nitrogens is 2. The summed E-state index contributed by atoms with van der Waals surface area (Å²) >= 11 is 0. The molecule has 0 aliphatic rings. The molecule has 6 nitrogen and oxygen atoms in total. The van der Waals surface area contributed by atoms with Crippen LogP contribution < -0.4 is 11.2 Å². The summed E-state index contributed by atoms with van der Waals surface area (Å²) in [6, 6.07) is 0. The van der Waals surface area contributed by atoms with E-state index in [1.165, 1.54) is 14.1 Å². The van der Waals surface area contributed by atoms with Crippen LogP contribution in [0.25, 0.3) is 0 Å². The molecule has 1 N–H and O–H groups in total. The normalized spacial score (nSPS) is 10.0. The van der Waals surface area contributed by atoms with E-state index in [1.54, 1.807) is 0 Å². The number of rotatable bonds is 1. The van der Waals surface area contributed by atoms with Gasteiger partial charge in [0, 0.05) is 14.1 Å². The van der Waals surface area contributed by atoms with Crippen LogP contribution in [-0.2, 0) is 14.1 Å². The molecule has 0 atom stereocenters.